The van der Waals surface area contributed by atoms with E-state index in [2.05, 4.69) is 29.5 Å². The van der Waals surface area contributed by atoms with Crippen molar-refractivity contribution in [1.29, 1.82) is 0 Å². The quantitative estimate of drug-likeness (QED) is 0.805. The minimum atomic E-state index is 0.209. The summed E-state index contributed by atoms with van der Waals surface area (Å²) in [5.41, 5.74) is 0. The van der Waals surface area contributed by atoms with Gasteiger partial charge in [-0.25, -0.2) is 0 Å². The Balaban J connectivity index is 1.63. The summed E-state index contributed by atoms with van der Waals surface area (Å²) in [4.78, 5) is 14.3. The molecule has 2 aliphatic rings. The Kier molecular flexibility index (Phi) is 6.30. The van der Waals surface area contributed by atoms with Gasteiger partial charge in [0.25, 0.3) is 0 Å². The summed E-state index contributed by atoms with van der Waals surface area (Å²) in [6.45, 7) is 6.17. The number of piperidine rings is 1. The number of hydrogen-bond donors (Lipinski definition) is 2. The lowest BCUT2D eigenvalue weighted by Crippen LogP contribution is -2.44. The van der Waals surface area contributed by atoms with Crippen LogP contribution in [0.25, 0.3) is 0 Å². The number of nitrogens with one attached hydrogen (secondary N) is 2. The van der Waals surface area contributed by atoms with Gasteiger partial charge in [-0.15, -0.1) is 0 Å². The molecule has 0 aromatic rings. The highest BCUT2D eigenvalue weighted by molar-refractivity contribution is 5.78. The second kappa shape index (κ2) is 7.99. The highest BCUT2D eigenvalue weighted by Crippen LogP contribution is 2.23. The average Bonchev–Trinajstić information content (AvgIpc) is 2.42. The molecule has 1 aliphatic carbocycles. The molecular weight excluding hydrogens is 250 g/mol. The van der Waals surface area contributed by atoms with Crippen molar-refractivity contribution in [2.75, 3.05) is 33.2 Å². The Morgan fingerprint density at radius 1 is 1.15 bits per heavy atom. The van der Waals surface area contributed by atoms with E-state index in [-0.39, 0.29) is 5.91 Å². The van der Waals surface area contributed by atoms with E-state index < -0.39 is 0 Å². The molecule has 0 atom stereocenters. The standard InChI is InChI=1S/C16H31N3O/c1-13-3-5-15(6-4-13)18-16(20)12-19(2)11-14-7-9-17-10-8-14/h13-15,17H,3-12H2,1-2H3,(H,18,20). The van der Waals surface area contributed by atoms with Crippen molar-refractivity contribution < 1.29 is 4.79 Å². The first-order valence-electron chi connectivity index (χ1n) is 8.32. The number of hydrogen-bond acceptors (Lipinski definition) is 3. The molecule has 1 amide bonds. The van der Waals surface area contributed by atoms with E-state index in [1.54, 1.807) is 0 Å². The zero-order valence-electron chi connectivity index (χ0n) is 13.2. The van der Waals surface area contributed by atoms with Crippen molar-refractivity contribution in [2.24, 2.45) is 11.8 Å². The number of rotatable bonds is 5. The van der Waals surface area contributed by atoms with E-state index in [9.17, 15) is 4.79 Å². The van der Waals surface area contributed by atoms with Crippen LogP contribution in [0.2, 0.25) is 0 Å². The van der Waals surface area contributed by atoms with Crippen LogP contribution in [0.1, 0.15) is 45.4 Å². The lowest BCUT2D eigenvalue weighted by molar-refractivity contribution is -0.123. The van der Waals surface area contributed by atoms with Gasteiger partial charge in [0.1, 0.15) is 0 Å². The Labute approximate surface area is 123 Å². The first-order valence-corrected chi connectivity index (χ1v) is 8.32. The van der Waals surface area contributed by atoms with Gasteiger partial charge in [0.15, 0.2) is 0 Å². The van der Waals surface area contributed by atoms with Crippen LogP contribution in [-0.2, 0) is 4.79 Å². The van der Waals surface area contributed by atoms with Gasteiger partial charge in [-0.3, -0.25) is 9.69 Å². The van der Waals surface area contributed by atoms with Crippen molar-refractivity contribution in [3.8, 4) is 0 Å². The van der Waals surface area contributed by atoms with Crippen LogP contribution in [0.3, 0.4) is 0 Å². The van der Waals surface area contributed by atoms with Crippen LogP contribution in [0.5, 0.6) is 0 Å². The molecule has 4 heteroatoms. The van der Waals surface area contributed by atoms with Gasteiger partial charge >= 0.3 is 0 Å². The zero-order chi connectivity index (χ0) is 14.4. The van der Waals surface area contributed by atoms with Crippen molar-refractivity contribution in [2.45, 2.75) is 51.5 Å². The summed E-state index contributed by atoms with van der Waals surface area (Å²) in [5.74, 6) is 1.80. The smallest absolute Gasteiger partial charge is 0.234 e. The first kappa shape index (κ1) is 15.8. The Hall–Kier alpha value is -0.610. The molecule has 2 rings (SSSR count). The maximum absolute atomic E-state index is 12.1. The van der Waals surface area contributed by atoms with Gasteiger partial charge in [0.05, 0.1) is 6.54 Å². The predicted octanol–water partition coefficient (Wildman–Crippen LogP) is 1.61. The van der Waals surface area contributed by atoms with Gasteiger partial charge in [0.2, 0.25) is 5.91 Å². The van der Waals surface area contributed by atoms with Crippen molar-refractivity contribution in [1.82, 2.24) is 15.5 Å². The van der Waals surface area contributed by atoms with Crippen LogP contribution in [0, 0.1) is 11.8 Å². The van der Waals surface area contributed by atoms with Gasteiger partial charge in [-0.05, 0) is 70.5 Å². The van der Waals surface area contributed by atoms with E-state index in [0.29, 0.717) is 12.6 Å². The summed E-state index contributed by atoms with van der Waals surface area (Å²) in [5, 5.41) is 6.60. The molecule has 1 aliphatic heterocycles. The molecule has 1 heterocycles. The maximum atomic E-state index is 12.1. The van der Waals surface area contributed by atoms with Gasteiger partial charge in [-0.2, -0.15) is 0 Å². The fourth-order valence-corrected chi connectivity index (χ4v) is 3.49. The molecule has 0 bridgehead atoms. The molecule has 0 aromatic carbocycles. The second-order valence-electron chi connectivity index (χ2n) is 6.91. The third kappa shape index (κ3) is 5.41. The van der Waals surface area contributed by atoms with E-state index in [1.807, 2.05) is 0 Å². The molecular formula is C16H31N3O. The fourth-order valence-electron chi connectivity index (χ4n) is 3.49. The predicted molar refractivity (Wildman–Crippen MR) is 82.7 cm³/mol. The van der Waals surface area contributed by atoms with Crippen molar-refractivity contribution >= 4 is 5.91 Å². The third-order valence-electron chi connectivity index (χ3n) is 4.82. The van der Waals surface area contributed by atoms with Gasteiger partial charge in [0, 0.05) is 12.6 Å². The Bertz CT molecular complexity index is 294. The van der Waals surface area contributed by atoms with Crippen LogP contribution in [0.4, 0.5) is 0 Å². The second-order valence-corrected chi connectivity index (χ2v) is 6.91. The van der Waals surface area contributed by atoms with Gasteiger partial charge < -0.3 is 10.6 Å². The molecule has 0 unspecified atom stereocenters. The molecule has 1 saturated carbocycles. The summed E-state index contributed by atoms with van der Waals surface area (Å²) in [7, 11) is 2.07. The molecule has 1 saturated heterocycles. The van der Waals surface area contributed by atoms with E-state index in [0.717, 1.165) is 44.3 Å². The summed E-state index contributed by atoms with van der Waals surface area (Å²) in [6.07, 6.45) is 7.32. The highest BCUT2D eigenvalue weighted by atomic mass is 16.2. The van der Waals surface area contributed by atoms with Crippen LogP contribution in [-0.4, -0.2) is 50.1 Å². The van der Waals surface area contributed by atoms with Crippen LogP contribution in [0.15, 0.2) is 0 Å². The molecule has 0 spiro atoms. The van der Waals surface area contributed by atoms with E-state index >= 15 is 0 Å². The Morgan fingerprint density at radius 3 is 2.45 bits per heavy atom. The molecule has 0 radical (unpaired) electrons. The van der Waals surface area contributed by atoms with Crippen LogP contribution >= 0.6 is 0 Å². The minimum absolute atomic E-state index is 0.209. The topological polar surface area (TPSA) is 44.4 Å². The number of likely N-dealkylation sites (N-methyl/N-ethyl adjacent to an activating group) is 1. The van der Waals surface area contributed by atoms with Gasteiger partial charge in [-0.1, -0.05) is 6.92 Å². The number of carbonyl (C=O) groups is 1. The zero-order valence-corrected chi connectivity index (χ0v) is 13.2. The third-order valence-corrected chi connectivity index (χ3v) is 4.82. The largest absolute Gasteiger partial charge is 0.352 e. The minimum Gasteiger partial charge on any atom is -0.352 e. The molecule has 0 aromatic heterocycles. The van der Waals surface area contributed by atoms with Crippen molar-refractivity contribution in [3.63, 3.8) is 0 Å². The number of carbonyl (C=O) groups excluding carboxylic acids is 1. The van der Waals surface area contributed by atoms with Crippen LogP contribution < -0.4 is 10.6 Å². The molecule has 20 heavy (non-hydrogen) atoms. The first-order chi connectivity index (χ1) is 9.63. The average molecular weight is 281 g/mol. The number of nitrogens with zero attached hydrogens (tertiary/aromatic N) is 1. The highest BCUT2D eigenvalue weighted by Gasteiger charge is 2.21. The maximum Gasteiger partial charge on any atom is 0.234 e. The number of amides is 1. The fraction of sp³-hybridized carbons (Fsp3) is 0.938. The Morgan fingerprint density at radius 2 is 1.80 bits per heavy atom. The molecule has 2 N–H and O–H groups in total. The normalized spacial score (nSPS) is 28.6. The monoisotopic (exact) mass is 281 g/mol. The lowest BCUT2D eigenvalue weighted by atomic mass is 9.87. The molecule has 2 fully saturated rings. The van der Waals surface area contributed by atoms with Crippen molar-refractivity contribution in [3.05, 3.63) is 0 Å². The van der Waals surface area contributed by atoms with E-state index in [1.165, 1.54) is 25.7 Å². The lowest BCUT2D eigenvalue weighted by Gasteiger charge is -2.29. The SMILES string of the molecule is CC1CCC(NC(=O)CN(C)CC2CCNCC2)CC1. The molecule has 116 valence electrons. The van der Waals surface area contributed by atoms with E-state index in [4.69, 9.17) is 0 Å². The summed E-state index contributed by atoms with van der Waals surface area (Å²) >= 11 is 0. The summed E-state index contributed by atoms with van der Waals surface area (Å²) in [6, 6.07) is 0.422. The molecule has 4 nitrogen and oxygen atoms in total. The summed E-state index contributed by atoms with van der Waals surface area (Å²) < 4.78 is 0.